The van der Waals surface area contributed by atoms with Crippen LogP contribution in [0.2, 0.25) is 0 Å². The molecule has 1 aliphatic rings. The summed E-state index contributed by atoms with van der Waals surface area (Å²) < 4.78 is 0. The molecule has 0 aliphatic carbocycles. The zero-order valence-electron chi connectivity index (χ0n) is 12.5. The molecule has 23 heavy (non-hydrogen) atoms. The van der Waals surface area contributed by atoms with E-state index in [0.717, 1.165) is 11.3 Å². The fourth-order valence-electron chi connectivity index (χ4n) is 2.77. The lowest BCUT2D eigenvalue weighted by Crippen LogP contribution is -2.50. The molecule has 0 saturated carbocycles. The standard InChI is InChI=1S/C17H18N2O4/c20-15(19-10-8-17(23,9-11-19)16(21)22)14-7-6-13(18-14)12-4-2-1-3-5-12/h1-7,18,23H,8-11H2,(H,21,22). The summed E-state index contributed by atoms with van der Waals surface area (Å²) in [6, 6.07) is 13.3. The lowest BCUT2D eigenvalue weighted by molar-refractivity contribution is -0.162. The summed E-state index contributed by atoms with van der Waals surface area (Å²) in [5.41, 5.74) is 0.588. The number of carbonyl (C=O) groups is 2. The van der Waals surface area contributed by atoms with E-state index in [1.807, 2.05) is 36.4 Å². The summed E-state index contributed by atoms with van der Waals surface area (Å²) in [4.78, 5) is 28.2. The number of carboxylic acids is 1. The fraction of sp³-hybridized carbons (Fsp3) is 0.294. The lowest BCUT2D eigenvalue weighted by Gasteiger charge is -2.35. The number of hydrogen-bond acceptors (Lipinski definition) is 3. The highest BCUT2D eigenvalue weighted by Gasteiger charge is 2.40. The van der Waals surface area contributed by atoms with E-state index >= 15 is 0 Å². The Labute approximate surface area is 133 Å². The molecule has 0 radical (unpaired) electrons. The van der Waals surface area contributed by atoms with Gasteiger partial charge in [-0.25, -0.2) is 4.79 Å². The number of rotatable bonds is 3. The minimum absolute atomic E-state index is 0.0420. The lowest BCUT2D eigenvalue weighted by atomic mass is 9.91. The Kier molecular flexibility index (Phi) is 3.92. The minimum Gasteiger partial charge on any atom is -0.479 e. The average molecular weight is 314 g/mol. The number of aliphatic hydroxyl groups is 1. The maximum atomic E-state index is 12.5. The number of H-pyrrole nitrogens is 1. The predicted octanol–water partition coefficient (Wildman–Crippen LogP) is 1.73. The van der Waals surface area contributed by atoms with Crippen molar-refractivity contribution in [2.24, 2.45) is 0 Å². The molecule has 3 rings (SSSR count). The monoisotopic (exact) mass is 314 g/mol. The van der Waals surface area contributed by atoms with Gasteiger partial charge >= 0.3 is 5.97 Å². The highest BCUT2D eigenvalue weighted by atomic mass is 16.4. The third-order valence-corrected chi connectivity index (χ3v) is 4.28. The van der Waals surface area contributed by atoms with Gasteiger partial charge in [0.1, 0.15) is 5.69 Å². The summed E-state index contributed by atoms with van der Waals surface area (Å²) >= 11 is 0. The number of carbonyl (C=O) groups excluding carboxylic acids is 1. The highest BCUT2D eigenvalue weighted by molar-refractivity contribution is 5.93. The van der Waals surface area contributed by atoms with E-state index in [0.29, 0.717) is 5.69 Å². The zero-order valence-corrected chi connectivity index (χ0v) is 12.5. The van der Waals surface area contributed by atoms with E-state index in [-0.39, 0.29) is 31.8 Å². The number of hydrogen-bond donors (Lipinski definition) is 3. The van der Waals surface area contributed by atoms with E-state index in [1.165, 1.54) is 0 Å². The van der Waals surface area contributed by atoms with Crippen LogP contribution in [0.3, 0.4) is 0 Å². The van der Waals surface area contributed by atoms with E-state index in [2.05, 4.69) is 4.98 Å². The van der Waals surface area contributed by atoms with Gasteiger partial charge in [0.2, 0.25) is 0 Å². The summed E-state index contributed by atoms with van der Waals surface area (Å²) in [6.45, 7) is 0.447. The molecule has 3 N–H and O–H groups in total. The second-order valence-corrected chi connectivity index (χ2v) is 5.78. The molecule has 120 valence electrons. The molecule has 6 heteroatoms. The number of aliphatic carboxylic acids is 1. The smallest absolute Gasteiger partial charge is 0.335 e. The van der Waals surface area contributed by atoms with Crippen LogP contribution in [0.25, 0.3) is 11.3 Å². The van der Waals surface area contributed by atoms with Gasteiger partial charge in [-0.2, -0.15) is 0 Å². The Bertz CT molecular complexity index is 715. The van der Waals surface area contributed by atoms with E-state index in [1.54, 1.807) is 11.0 Å². The van der Waals surface area contributed by atoms with Gasteiger partial charge in [-0.15, -0.1) is 0 Å². The van der Waals surface area contributed by atoms with Crippen LogP contribution in [0, 0.1) is 0 Å². The molecule has 2 aromatic rings. The maximum Gasteiger partial charge on any atom is 0.335 e. The van der Waals surface area contributed by atoms with Crippen LogP contribution in [-0.2, 0) is 4.79 Å². The van der Waals surface area contributed by atoms with Gasteiger partial charge in [-0.3, -0.25) is 4.79 Å². The van der Waals surface area contributed by atoms with Crippen LogP contribution in [0.15, 0.2) is 42.5 Å². The van der Waals surface area contributed by atoms with Crippen molar-refractivity contribution in [2.45, 2.75) is 18.4 Å². The molecule has 0 unspecified atom stereocenters. The van der Waals surface area contributed by atoms with Crippen molar-refractivity contribution < 1.29 is 19.8 Å². The average Bonchev–Trinajstić information content (AvgIpc) is 3.05. The molecule has 1 aliphatic heterocycles. The molecule has 0 atom stereocenters. The quantitative estimate of drug-likeness (QED) is 0.804. The minimum atomic E-state index is -1.72. The summed E-state index contributed by atoms with van der Waals surface area (Å²) in [6.07, 6.45) is 0.0840. The number of benzene rings is 1. The van der Waals surface area contributed by atoms with Crippen molar-refractivity contribution in [2.75, 3.05) is 13.1 Å². The Morgan fingerprint density at radius 2 is 1.70 bits per heavy atom. The van der Waals surface area contributed by atoms with Crippen LogP contribution in [0.1, 0.15) is 23.3 Å². The van der Waals surface area contributed by atoms with Crippen molar-refractivity contribution >= 4 is 11.9 Å². The van der Waals surface area contributed by atoms with Crippen LogP contribution in [-0.4, -0.2) is 50.7 Å². The van der Waals surface area contributed by atoms with E-state index < -0.39 is 11.6 Å². The first-order chi connectivity index (χ1) is 11.0. The topological polar surface area (TPSA) is 93.6 Å². The Morgan fingerprint density at radius 1 is 1.04 bits per heavy atom. The first-order valence-corrected chi connectivity index (χ1v) is 7.49. The fourth-order valence-corrected chi connectivity index (χ4v) is 2.77. The van der Waals surface area contributed by atoms with Crippen molar-refractivity contribution in [1.29, 1.82) is 0 Å². The first kappa shape index (κ1) is 15.3. The molecule has 1 saturated heterocycles. The van der Waals surface area contributed by atoms with Crippen LogP contribution < -0.4 is 0 Å². The number of likely N-dealkylation sites (tertiary alicyclic amines) is 1. The molecule has 2 heterocycles. The molecule has 1 aromatic carbocycles. The number of aromatic amines is 1. The molecular weight excluding hydrogens is 296 g/mol. The molecule has 6 nitrogen and oxygen atoms in total. The third kappa shape index (κ3) is 2.98. The van der Waals surface area contributed by atoms with Gasteiger partial charge in [0.05, 0.1) is 0 Å². The normalized spacial score (nSPS) is 17.0. The largest absolute Gasteiger partial charge is 0.479 e. The van der Waals surface area contributed by atoms with Crippen molar-refractivity contribution in [1.82, 2.24) is 9.88 Å². The van der Waals surface area contributed by atoms with Gasteiger partial charge in [0, 0.05) is 31.6 Å². The van der Waals surface area contributed by atoms with Crippen LogP contribution >= 0.6 is 0 Å². The van der Waals surface area contributed by atoms with Gasteiger partial charge in [0.25, 0.3) is 5.91 Å². The Morgan fingerprint density at radius 3 is 2.30 bits per heavy atom. The molecule has 0 spiro atoms. The van der Waals surface area contributed by atoms with Crippen molar-refractivity contribution in [3.8, 4) is 11.3 Å². The third-order valence-electron chi connectivity index (χ3n) is 4.28. The highest BCUT2D eigenvalue weighted by Crippen LogP contribution is 2.24. The molecule has 1 aromatic heterocycles. The number of nitrogens with zero attached hydrogens (tertiary/aromatic N) is 1. The maximum absolute atomic E-state index is 12.5. The van der Waals surface area contributed by atoms with Crippen molar-refractivity contribution in [3.63, 3.8) is 0 Å². The molecule has 1 amide bonds. The first-order valence-electron chi connectivity index (χ1n) is 7.49. The Balaban J connectivity index is 1.70. The second-order valence-electron chi connectivity index (χ2n) is 5.78. The summed E-state index contributed by atoms with van der Waals surface area (Å²) in [7, 11) is 0. The molecule has 1 fully saturated rings. The van der Waals surface area contributed by atoms with Gasteiger partial charge in [0.15, 0.2) is 5.60 Å². The predicted molar refractivity (Wildman–Crippen MR) is 84.0 cm³/mol. The van der Waals surface area contributed by atoms with E-state index in [9.17, 15) is 14.7 Å². The van der Waals surface area contributed by atoms with Crippen LogP contribution in [0.4, 0.5) is 0 Å². The van der Waals surface area contributed by atoms with Gasteiger partial charge < -0.3 is 20.1 Å². The summed E-state index contributed by atoms with van der Waals surface area (Å²) in [5, 5.41) is 18.9. The second kappa shape index (κ2) is 5.89. The van der Waals surface area contributed by atoms with Gasteiger partial charge in [-0.05, 0) is 17.7 Å². The molecule has 0 bridgehead atoms. The molecular formula is C17H18N2O4. The number of aromatic nitrogens is 1. The SMILES string of the molecule is O=C(c1ccc(-c2ccccc2)[nH]1)N1CCC(O)(C(=O)O)CC1. The number of amides is 1. The number of nitrogens with one attached hydrogen (secondary N) is 1. The number of carboxylic acid groups (broad SMARTS) is 1. The van der Waals surface area contributed by atoms with E-state index in [4.69, 9.17) is 5.11 Å². The Hall–Kier alpha value is -2.60. The van der Waals surface area contributed by atoms with Crippen molar-refractivity contribution in [3.05, 3.63) is 48.2 Å². The number of piperidine rings is 1. The zero-order chi connectivity index (χ0) is 16.4. The van der Waals surface area contributed by atoms with Gasteiger partial charge in [-0.1, -0.05) is 30.3 Å². The summed E-state index contributed by atoms with van der Waals surface area (Å²) in [5.74, 6) is -1.41. The van der Waals surface area contributed by atoms with Crippen LogP contribution in [0.5, 0.6) is 0 Å².